The predicted octanol–water partition coefficient (Wildman–Crippen LogP) is 11.1. The molecule has 0 saturated carbocycles. The molecular weight excluding hydrogens is 611 g/mol. The molecule has 10 aromatic rings. The van der Waals surface area contributed by atoms with Gasteiger partial charge in [-0.1, -0.05) is 121 Å². The van der Waals surface area contributed by atoms with Gasteiger partial charge < -0.3 is 4.57 Å². The molecule has 0 atom stereocenters. The fourth-order valence-corrected chi connectivity index (χ4v) is 7.37. The van der Waals surface area contributed by atoms with Crippen molar-refractivity contribution in [2.24, 2.45) is 0 Å². The van der Waals surface area contributed by atoms with Crippen LogP contribution in [0.1, 0.15) is 0 Å². The van der Waals surface area contributed by atoms with Gasteiger partial charge in [0.2, 0.25) is 0 Å². The summed E-state index contributed by atoms with van der Waals surface area (Å²) in [5.74, 6) is 1.51. The Morgan fingerprint density at radius 3 is 1.94 bits per heavy atom. The van der Waals surface area contributed by atoms with Crippen molar-refractivity contribution in [1.82, 2.24) is 24.1 Å². The van der Waals surface area contributed by atoms with Gasteiger partial charge in [-0.25, -0.2) is 9.97 Å². The van der Waals surface area contributed by atoms with Gasteiger partial charge in [0.15, 0.2) is 5.82 Å². The smallest absolute Gasteiger partial charge is 0.162 e. The Balaban J connectivity index is 1.28. The molecule has 0 aliphatic rings. The van der Waals surface area contributed by atoms with E-state index in [1.54, 1.807) is 0 Å². The normalized spacial score (nSPS) is 11.6. The standard InChI is InChI=1S/C45H29N5/c1-4-14-30(15-5-1)38-29-42(48-45(47-38)31-16-6-2-7-17-31)50-39-23-11-10-20-35(39)36-22-12-21-34(44(36)50)32-25-26-37-41(28-32)49(33-18-8-3-9-19-33)40-24-13-27-46-43(37)40/h1-29H. The number of para-hydroxylation sites is 3. The second kappa shape index (κ2) is 11.4. The molecule has 0 unspecified atom stereocenters. The van der Waals surface area contributed by atoms with Gasteiger partial charge in [-0.3, -0.25) is 9.55 Å². The van der Waals surface area contributed by atoms with Crippen LogP contribution in [0.4, 0.5) is 0 Å². The predicted molar refractivity (Wildman–Crippen MR) is 205 cm³/mol. The molecule has 0 aliphatic carbocycles. The van der Waals surface area contributed by atoms with Crippen LogP contribution >= 0.6 is 0 Å². The molecule has 0 radical (unpaired) electrons. The van der Waals surface area contributed by atoms with E-state index in [2.05, 4.69) is 149 Å². The number of aromatic nitrogens is 5. The quantitative estimate of drug-likeness (QED) is 0.188. The van der Waals surface area contributed by atoms with Crippen LogP contribution in [0, 0.1) is 0 Å². The molecule has 234 valence electrons. The van der Waals surface area contributed by atoms with Crippen molar-refractivity contribution in [2.45, 2.75) is 0 Å². The van der Waals surface area contributed by atoms with Gasteiger partial charge in [0.05, 0.1) is 33.3 Å². The van der Waals surface area contributed by atoms with Crippen molar-refractivity contribution in [3.05, 3.63) is 176 Å². The highest BCUT2D eigenvalue weighted by Gasteiger charge is 2.20. The van der Waals surface area contributed by atoms with Gasteiger partial charge in [0, 0.05) is 50.8 Å². The van der Waals surface area contributed by atoms with E-state index in [9.17, 15) is 0 Å². The largest absolute Gasteiger partial charge is 0.308 e. The molecule has 4 aromatic heterocycles. The summed E-state index contributed by atoms with van der Waals surface area (Å²) in [6, 6.07) is 59.4. The average Bonchev–Trinajstić information content (AvgIpc) is 3.71. The Hall–Kier alpha value is -6.85. The van der Waals surface area contributed by atoms with Crippen LogP contribution in [0.5, 0.6) is 0 Å². The van der Waals surface area contributed by atoms with Crippen LogP contribution < -0.4 is 0 Å². The van der Waals surface area contributed by atoms with Crippen molar-refractivity contribution in [1.29, 1.82) is 0 Å². The summed E-state index contributed by atoms with van der Waals surface area (Å²) >= 11 is 0. The van der Waals surface area contributed by atoms with Crippen molar-refractivity contribution in [3.63, 3.8) is 0 Å². The highest BCUT2D eigenvalue weighted by molar-refractivity contribution is 6.15. The zero-order chi connectivity index (χ0) is 33.0. The van der Waals surface area contributed by atoms with Crippen LogP contribution in [0.25, 0.3) is 89.0 Å². The topological polar surface area (TPSA) is 48.5 Å². The highest BCUT2D eigenvalue weighted by atomic mass is 15.1. The molecule has 0 fully saturated rings. The molecule has 4 heterocycles. The minimum absolute atomic E-state index is 0.687. The zero-order valence-corrected chi connectivity index (χ0v) is 27.0. The van der Waals surface area contributed by atoms with E-state index >= 15 is 0 Å². The summed E-state index contributed by atoms with van der Waals surface area (Å²) in [6.07, 6.45) is 1.87. The van der Waals surface area contributed by atoms with Crippen LogP contribution in [-0.2, 0) is 0 Å². The second-order valence-electron chi connectivity index (χ2n) is 12.5. The first-order valence-corrected chi connectivity index (χ1v) is 16.8. The lowest BCUT2D eigenvalue weighted by Gasteiger charge is -2.14. The molecule has 0 amide bonds. The van der Waals surface area contributed by atoms with Gasteiger partial charge in [-0.05, 0) is 48.0 Å². The first-order valence-electron chi connectivity index (χ1n) is 16.8. The first kappa shape index (κ1) is 28.2. The Morgan fingerprint density at radius 1 is 0.420 bits per heavy atom. The fourth-order valence-electron chi connectivity index (χ4n) is 7.37. The number of benzene rings is 6. The fraction of sp³-hybridized carbons (Fsp3) is 0. The molecule has 10 rings (SSSR count). The van der Waals surface area contributed by atoms with Gasteiger partial charge in [-0.2, -0.15) is 0 Å². The van der Waals surface area contributed by atoms with E-state index in [1.807, 2.05) is 36.5 Å². The maximum atomic E-state index is 5.28. The lowest BCUT2D eigenvalue weighted by molar-refractivity contribution is 1.05. The number of hydrogen-bond donors (Lipinski definition) is 0. The molecular formula is C45H29N5. The van der Waals surface area contributed by atoms with Crippen molar-refractivity contribution in [2.75, 3.05) is 0 Å². The Kier molecular flexibility index (Phi) is 6.42. The second-order valence-corrected chi connectivity index (χ2v) is 12.5. The number of hydrogen-bond acceptors (Lipinski definition) is 3. The van der Waals surface area contributed by atoms with Gasteiger partial charge >= 0.3 is 0 Å². The van der Waals surface area contributed by atoms with Crippen molar-refractivity contribution >= 4 is 43.7 Å². The number of fused-ring (bicyclic) bond motifs is 6. The van der Waals surface area contributed by atoms with Crippen LogP contribution in [0.3, 0.4) is 0 Å². The summed E-state index contributed by atoms with van der Waals surface area (Å²) in [6.45, 7) is 0. The van der Waals surface area contributed by atoms with Gasteiger partial charge in [0.1, 0.15) is 5.82 Å². The van der Waals surface area contributed by atoms with E-state index in [0.717, 1.165) is 72.4 Å². The molecule has 0 N–H and O–H groups in total. The molecule has 0 saturated heterocycles. The molecule has 6 aromatic carbocycles. The third kappa shape index (κ3) is 4.45. The van der Waals surface area contributed by atoms with Crippen molar-refractivity contribution < 1.29 is 0 Å². The van der Waals surface area contributed by atoms with E-state index < -0.39 is 0 Å². The van der Waals surface area contributed by atoms with Crippen LogP contribution in [-0.4, -0.2) is 24.1 Å². The van der Waals surface area contributed by atoms with E-state index in [0.29, 0.717) is 5.82 Å². The maximum Gasteiger partial charge on any atom is 0.162 e. The summed E-state index contributed by atoms with van der Waals surface area (Å²) in [4.78, 5) is 15.2. The number of nitrogens with zero attached hydrogens (tertiary/aromatic N) is 5. The van der Waals surface area contributed by atoms with E-state index in [4.69, 9.17) is 15.0 Å². The molecule has 5 nitrogen and oxygen atoms in total. The van der Waals surface area contributed by atoms with Crippen LogP contribution in [0.15, 0.2) is 176 Å². The van der Waals surface area contributed by atoms with E-state index in [1.165, 1.54) is 10.8 Å². The summed E-state index contributed by atoms with van der Waals surface area (Å²) in [5, 5.41) is 3.47. The lowest BCUT2D eigenvalue weighted by atomic mass is 10.0. The SMILES string of the molecule is c1ccc(-c2cc(-n3c4ccccc4c4cccc(-c5ccc6c7ncccc7n(-c7ccccc7)c6c5)c43)nc(-c3ccccc3)n2)cc1. The van der Waals surface area contributed by atoms with E-state index in [-0.39, 0.29) is 0 Å². The minimum Gasteiger partial charge on any atom is -0.308 e. The molecule has 0 spiro atoms. The Bertz CT molecular complexity index is 2800. The summed E-state index contributed by atoms with van der Waals surface area (Å²) in [5.41, 5.74) is 11.6. The molecule has 0 aliphatic heterocycles. The maximum absolute atomic E-state index is 5.28. The Morgan fingerprint density at radius 2 is 1.12 bits per heavy atom. The van der Waals surface area contributed by atoms with Crippen molar-refractivity contribution in [3.8, 4) is 45.3 Å². The third-order valence-corrected chi connectivity index (χ3v) is 9.58. The third-order valence-electron chi connectivity index (χ3n) is 9.58. The molecule has 50 heavy (non-hydrogen) atoms. The van der Waals surface area contributed by atoms with Crippen LogP contribution in [0.2, 0.25) is 0 Å². The monoisotopic (exact) mass is 639 g/mol. The average molecular weight is 640 g/mol. The highest BCUT2D eigenvalue weighted by Crippen LogP contribution is 2.40. The minimum atomic E-state index is 0.687. The lowest BCUT2D eigenvalue weighted by Crippen LogP contribution is -2.03. The Labute approximate surface area is 288 Å². The summed E-state index contributed by atoms with van der Waals surface area (Å²) < 4.78 is 4.64. The molecule has 0 bridgehead atoms. The summed E-state index contributed by atoms with van der Waals surface area (Å²) in [7, 11) is 0. The van der Waals surface area contributed by atoms with Gasteiger partial charge in [-0.15, -0.1) is 0 Å². The number of pyridine rings is 1. The van der Waals surface area contributed by atoms with Gasteiger partial charge in [0.25, 0.3) is 0 Å². The first-order chi connectivity index (χ1) is 24.8. The molecule has 5 heteroatoms. The number of rotatable bonds is 5. The zero-order valence-electron chi connectivity index (χ0n) is 27.0.